The van der Waals surface area contributed by atoms with Gasteiger partial charge in [-0.05, 0) is 23.6 Å². The maximum atomic E-state index is 12.8. The third-order valence-corrected chi connectivity index (χ3v) is 1.78. The van der Waals surface area contributed by atoms with E-state index in [4.69, 9.17) is 5.11 Å². The molecule has 88 valence electrons. The number of rotatable bonds is 3. The third-order valence-electron chi connectivity index (χ3n) is 1.78. The van der Waals surface area contributed by atoms with E-state index in [1.165, 1.54) is 12.1 Å². The summed E-state index contributed by atoms with van der Waals surface area (Å²) in [5.41, 5.74) is 0.656. The molecule has 0 aromatic heterocycles. The predicted octanol–water partition coefficient (Wildman–Crippen LogP) is 0.572. The van der Waals surface area contributed by atoms with Crippen LogP contribution in [0.5, 0.6) is 0 Å². The molecule has 1 rings (SSSR count). The smallest absolute Gasteiger partial charge is 0.323 e. The minimum Gasteiger partial charge on any atom is -0.480 e. The summed E-state index contributed by atoms with van der Waals surface area (Å²) < 4.78 is 12.8. The molecule has 1 aromatic carbocycles. The first-order valence-corrected chi connectivity index (χ1v) is 4.81. The van der Waals surface area contributed by atoms with E-state index in [9.17, 15) is 14.0 Å². The number of nitrogens with one attached hydrogen (secondary N) is 1. The van der Waals surface area contributed by atoms with Crippen LogP contribution < -0.4 is 5.32 Å². The van der Waals surface area contributed by atoms with Crippen LogP contribution in [0, 0.1) is 17.7 Å². The van der Waals surface area contributed by atoms with Crippen molar-refractivity contribution < 1.29 is 19.1 Å². The Hall–Kier alpha value is -2.35. The van der Waals surface area contributed by atoms with Crippen LogP contribution in [0.25, 0.3) is 0 Å². The van der Waals surface area contributed by atoms with E-state index in [-0.39, 0.29) is 12.2 Å². The maximum absolute atomic E-state index is 12.8. The zero-order valence-electron chi connectivity index (χ0n) is 8.87. The number of carboxylic acid groups (broad SMARTS) is 1. The molecule has 5 heteroatoms. The Kier molecular flexibility index (Phi) is 4.70. The average Bonchev–Trinajstić information content (AvgIpc) is 2.26. The molecule has 1 amide bonds. The summed E-state index contributed by atoms with van der Waals surface area (Å²) in [7, 11) is 0. The highest BCUT2D eigenvalue weighted by molar-refractivity contribution is 5.95. The number of amides is 1. The van der Waals surface area contributed by atoms with Crippen molar-refractivity contribution in [3.63, 3.8) is 0 Å². The number of carboxylic acids is 1. The Morgan fingerprint density at radius 2 is 2.18 bits per heavy atom. The van der Waals surface area contributed by atoms with E-state index in [1.54, 1.807) is 12.1 Å². The summed E-state index contributed by atoms with van der Waals surface area (Å²) in [5, 5.41) is 10.4. The van der Waals surface area contributed by atoms with Crippen LogP contribution in [0.15, 0.2) is 24.3 Å². The predicted molar refractivity (Wildman–Crippen MR) is 58.5 cm³/mol. The molecule has 0 radical (unpaired) electrons. The zero-order chi connectivity index (χ0) is 12.7. The van der Waals surface area contributed by atoms with Crippen LogP contribution in [-0.2, 0) is 16.0 Å². The van der Waals surface area contributed by atoms with Crippen molar-refractivity contribution in [3.05, 3.63) is 35.6 Å². The zero-order valence-corrected chi connectivity index (χ0v) is 8.87. The summed E-state index contributed by atoms with van der Waals surface area (Å²) in [6.45, 7) is -0.465. The second kappa shape index (κ2) is 6.28. The number of hydrogen-bond donors (Lipinski definition) is 2. The largest absolute Gasteiger partial charge is 0.480 e. The minimum absolute atomic E-state index is 0.234. The highest BCUT2D eigenvalue weighted by atomic mass is 19.1. The molecule has 0 heterocycles. The first-order chi connectivity index (χ1) is 8.08. The number of benzene rings is 1. The Labute approximate surface area is 97.5 Å². The maximum Gasteiger partial charge on any atom is 0.323 e. The summed E-state index contributed by atoms with van der Waals surface area (Å²) in [5.74, 6) is 2.59. The molecule has 0 spiro atoms. The van der Waals surface area contributed by atoms with Gasteiger partial charge in [0.15, 0.2) is 0 Å². The van der Waals surface area contributed by atoms with Crippen LogP contribution in [0.1, 0.15) is 5.56 Å². The van der Waals surface area contributed by atoms with E-state index >= 15 is 0 Å². The normalized spacial score (nSPS) is 9.00. The molecule has 0 unspecified atom stereocenters. The Bertz CT molecular complexity index is 488. The van der Waals surface area contributed by atoms with Gasteiger partial charge in [-0.25, -0.2) is 4.39 Å². The van der Waals surface area contributed by atoms with E-state index in [2.05, 4.69) is 17.2 Å². The van der Waals surface area contributed by atoms with Crippen molar-refractivity contribution in [1.29, 1.82) is 0 Å². The molecule has 0 aliphatic heterocycles. The molecule has 0 saturated carbocycles. The Morgan fingerprint density at radius 1 is 1.41 bits per heavy atom. The van der Waals surface area contributed by atoms with Gasteiger partial charge in [0.25, 0.3) is 5.91 Å². The van der Waals surface area contributed by atoms with Gasteiger partial charge in [-0.15, -0.1) is 0 Å². The van der Waals surface area contributed by atoms with Crippen LogP contribution in [0.2, 0.25) is 0 Å². The molecule has 0 aliphatic rings. The van der Waals surface area contributed by atoms with Crippen LogP contribution in [0.4, 0.5) is 4.39 Å². The lowest BCUT2D eigenvalue weighted by Crippen LogP contribution is -2.27. The third kappa shape index (κ3) is 5.33. The summed E-state index contributed by atoms with van der Waals surface area (Å²) in [4.78, 5) is 21.1. The molecule has 2 N–H and O–H groups in total. The monoisotopic (exact) mass is 235 g/mol. The number of halogens is 1. The average molecular weight is 235 g/mol. The van der Waals surface area contributed by atoms with E-state index < -0.39 is 18.4 Å². The van der Waals surface area contributed by atoms with Crippen molar-refractivity contribution in [3.8, 4) is 11.8 Å². The molecule has 0 fully saturated rings. The van der Waals surface area contributed by atoms with Crippen molar-refractivity contribution in [1.82, 2.24) is 5.32 Å². The van der Waals surface area contributed by atoms with Gasteiger partial charge in [0.05, 0.1) is 0 Å². The highest BCUT2D eigenvalue weighted by Crippen LogP contribution is 2.03. The molecule has 0 aliphatic carbocycles. The van der Waals surface area contributed by atoms with E-state index in [0.717, 1.165) is 0 Å². The van der Waals surface area contributed by atoms with Crippen molar-refractivity contribution in [2.24, 2.45) is 0 Å². The number of aliphatic carboxylic acids is 1. The fraction of sp³-hybridized carbons (Fsp3) is 0.167. The molecule has 17 heavy (non-hydrogen) atoms. The second-order valence-electron chi connectivity index (χ2n) is 3.18. The van der Waals surface area contributed by atoms with Gasteiger partial charge in [-0.1, -0.05) is 18.1 Å². The number of hydrogen-bond acceptors (Lipinski definition) is 2. The van der Waals surface area contributed by atoms with Crippen LogP contribution >= 0.6 is 0 Å². The Balaban J connectivity index is 2.45. The lowest BCUT2D eigenvalue weighted by Gasteiger charge is -1.95. The van der Waals surface area contributed by atoms with E-state index in [1.807, 2.05) is 0 Å². The highest BCUT2D eigenvalue weighted by Gasteiger charge is 1.99. The van der Waals surface area contributed by atoms with Crippen molar-refractivity contribution in [2.75, 3.05) is 6.54 Å². The van der Waals surface area contributed by atoms with Gasteiger partial charge in [-0.2, -0.15) is 0 Å². The van der Waals surface area contributed by atoms with Crippen molar-refractivity contribution >= 4 is 11.9 Å². The van der Waals surface area contributed by atoms with Crippen LogP contribution in [-0.4, -0.2) is 23.5 Å². The van der Waals surface area contributed by atoms with Gasteiger partial charge < -0.3 is 10.4 Å². The standard InChI is InChI=1S/C12H10FNO3/c13-10-5-1-3-9(7-10)4-2-6-11(15)14-8-12(16)17/h1,3,5,7H,4,8H2,(H,14,15)(H,16,17). The quantitative estimate of drug-likeness (QED) is 0.753. The minimum atomic E-state index is -1.13. The molecule has 1 aromatic rings. The van der Waals surface area contributed by atoms with Gasteiger partial charge in [0.2, 0.25) is 0 Å². The van der Waals surface area contributed by atoms with Gasteiger partial charge in [-0.3, -0.25) is 9.59 Å². The second-order valence-corrected chi connectivity index (χ2v) is 3.18. The molecular formula is C12H10FNO3. The Morgan fingerprint density at radius 3 is 2.82 bits per heavy atom. The summed E-state index contributed by atoms with van der Waals surface area (Å²) in [6, 6.07) is 5.88. The van der Waals surface area contributed by atoms with Gasteiger partial charge in [0, 0.05) is 6.42 Å². The SMILES string of the molecule is O=C(O)CNC(=O)C#CCc1cccc(F)c1. The summed E-state index contributed by atoms with van der Waals surface area (Å²) in [6.07, 6.45) is 0.234. The molecule has 0 bridgehead atoms. The molecule has 4 nitrogen and oxygen atoms in total. The fourth-order valence-electron chi connectivity index (χ4n) is 1.07. The topological polar surface area (TPSA) is 66.4 Å². The first kappa shape index (κ1) is 12.7. The molecular weight excluding hydrogens is 225 g/mol. The fourth-order valence-corrected chi connectivity index (χ4v) is 1.07. The van der Waals surface area contributed by atoms with Crippen LogP contribution in [0.3, 0.4) is 0 Å². The molecule has 0 atom stereocenters. The van der Waals surface area contributed by atoms with E-state index in [0.29, 0.717) is 5.56 Å². The lowest BCUT2D eigenvalue weighted by molar-refractivity contribution is -0.137. The molecule has 0 saturated heterocycles. The van der Waals surface area contributed by atoms with Gasteiger partial charge >= 0.3 is 5.97 Å². The summed E-state index contributed by atoms with van der Waals surface area (Å²) >= 11 is 0. The van der Waals surface area contributed by atoms with Crippen molar-refractivity contribution in [2.45, 2.75) is 6.42 Å². The number of carbonyl (C=O) groups is 2. The van der Waals surface area contributed by atoms with Gasteiger partial charge in [0.1, 0.15) is 12.4 Å². The number of carbonyl (C=O) groups excluding carboxylic acids is 1. The first-order valence-electron chi connectivity index (χ1n) is 4.81. The lowest BCUT2D eigenvalue weighted by atomic mass is 10.1.